The Hall–Kier alpha value is -1.67. The first kappa shape index (κ1) is 17.7. The highest BCUT2D eigenvalue weighted by Crippen LogP contribution is 2.37. The molecule has 0 aromatic carbocycles. The Kier molecular flexibility index (Phi) is 5.26. The van der Waals surface area contributed by atoms with Gasteiger partial charge in [-0.15, -0.1) is 0 Å². The van der Waals surface area contributed by atoms with Crippen molar-refractivity contribution in [3.8, 4) is 5.88 Å². The quantitative estimate of drug-likeness (QED) is 0.846. The average molecular weight is 342 g/mol. The smallest absolute Gasteiger partial charge is 0.309 e. The summed E-state index contributed by atoms with van der Waals surface area (Å²) < 4.78 is 32.2. The van der Waals surface area contributed by atoms with E-state index in [4.69, 9.17) is 4.74 Å². The fourth-order valence-electron chi connectivity index (χ4n) is 2.83. The van der Waals surface area contributed by atoms with Gasteiger partial charge < -0.3 is 9.84 Å². The summed E-state index contributed by atoms with van der Waals surface area (Å²) in [4.78, 5) is 15.5. The Balaban J connectivity index is 2.25. The molecule has 1 aromatic rings. The van der Waals surface area contributed by atoms with E-state index in [-0.39, 0.29) is 23.9 Å². The molecule has 1 aliphatic heterocycles. The van der Waals surface area contributed by atoms with Gasteiger partial charge in [0.15, 0.2) is 0 Å². The number of hydrogen-bond donors (Lipinski definition) is 1. The van der Waals surface area contributed by atoms with Gasteiger partial charge in [-0.3, -0.25) is 4.79 Å². The molecule has 1 saturated heterocycles. The Bertz CT molecular complexity index is 666. The van der Waals surface area contributed by atoms with Crippen LogP contribution < -0.4 is 4.74 Å². The van der Waals surface area contributed by atoms with Gasteiger partial charge in [0, 0.05) is 19.3 Å². The maximum absolute atomic E-state index is 12.8. The summed E-state index contributed by atoms with van der Waals surface area (Å²) in [5.41, 5.74) is -0.830. The number of sulfonamides is 1. The van der Waals surface area contributed by atoms with Gasteiger partial charge in [-0.25, -0.2) is 13.4 Å². The zero-order valence-electron chi connectivity index (χ0n) is 13.4. The van der Waals surface area contributed by atoms with Crippen LogP contribution in [-0.4, -0.2) is 48.5 Å². The van der Waals surface area contributed by atoms with Crippen LogP contribution >= 0.6 is 0 Å². The molecule has 0 bridgehead atoms. The van der Waals surface area contributed by atoms with Crippen molar-refractivity contribution < 1.29 is 23.1 Å². The van der Waals surface area contributed by atoms with E-state index < -0.39 is 21.4 Å². The second-order valence-corrected chi connectivity index (χ2v) is 7.49. The first-order valence-corrected chi connectivity index (χ1v) is 9.13. The molecule has 0 spiro atoms. The largest absolute Gasteiger partial charge is 0.481 e. The molecule has 1 aliphatic rings. The van der Waals surface area contributed by atoms with Gasteiger partial charge in [-0.1, -0.05) is 6.92 Å². The van der Waals surface area contributed by atoms with E-state index in [1.54, 1.807) is 13.0 Å². The van der Waals surface area contributed by atoms with Crippen molar-refractivity contribution in [3.63, 3.8) is 0 Å². The third kappa shape index (κ3) is 3.32. The number of carbonyl (C=O) groups is 1. The molecule has 23 heavy (non-hydrogen) atoms. The molecule has 0 saturated carbocycles. The van der Waals surface area contributed by atoms with Crippen LogP contribution in [0.1, 0.15) is 33.1 Å². The van der Waals surface area contributed by atoms with E-state index in [2.05, 4.69) is 4.98 Å². The second-order valence-electron chi connectivity index (χ2n) is 5.58. The van der Waals surface area contributed by atoms with Gasteiger partial charge in [0.05, 0.1) is 12.0 Å². The van der Waals surface area contributed by atoms with Crippen molar-refractivity contribution in [2.45, 2.75) is 38.0 Å². The molecule has 0 aliphatic carbocycles. The van der Waals surface area contributed by atoms with Crippen LogP contribution in [0.25, 0.3) is 0 Å². The van der Waals surface area contributed by atoms with Gasteiger partial charge in [0.1, 0.15) is 4.90 Å². The molecule has 1 N–H and O–H groups in total. The van der Waals surface area contributed by atoms with Crippen LogP contribution in [0.5, 0.6) is 5.88 Å². The van der Waals surface area contributed by atoms with Crippen molar-refractivity contribution in [3.05, 3.63) is 18.3 Å². The number of hydrogen-bond acceptors (Lipinski definition) is 5. The van der Waals surface area contributed by atoms with Gasteiger partial charge in [-0.2, -0.15) is 4.31 Å². The maximum atomic E-state index is 12.8. The zero-order valence-corrected chi connectivity index (χ0v) is 14.2. The minimum absolute atomic E-state index is 0.0289. The molecule has 0 radical (unpaired) electrons. The SMILES string of the molecule is CCOc1ncccc1S(=O)(=O)N1CCC(CC)(C(=O)O)CC1. The summed E-state index contributed by atoms with van der Waals surface area (Å²) in [5, 5.41) is 9.41. The normalized spacial score (nSPS) is 18.5. The molecule has 7 nitrogen and oxygen atoms in total. The minimum Gasteiger partial charge on any atom is -0.481 e. The number of ether oxygens (including phenoxy) is 1. The molecule has 2 heterocycles. The number of aromatic nitrogens is 1. The Morgan fingerprint density at radius 3 is 2.57 bits per heavy atom. The molecular formula is C15H22N2O5S. The first-order chi connectivity index (χ1) is 10.9. The van der Waals surface area contributed by atoms with Gasteiger partial charge >= 0.3 is 5.97 Å². The lowest BCUT2D eigenvalue weighted by molar-refractivity contribution is -0.151. The number of rotatable bonds is 6. The van der Waals surface area contributed by atoms with E-state index in [0.717, 1.165) is 0 Å². The highest BCUT2D eigenvalue weighted by atomic mass is 32.2. The van der Waals surface area contributed by atoms with Gasteiger partial charge in [-0.05, 0) is 38.3 Å². The summed E-state index contributed by atoms with van der Waals surface area (Å²) in [6, 6.07) is 3.01. The molecule has 128 valence electrons. The molecule has 0 atom stereocenters. The summed E-state index contributed by atoms with van der Waals surface area (Å²) in [6.45, 7) is 4.27. The Labute approximate surface area is 136 Å². The van der Waals surface area contributed by atoms with Crippen LogP contribution in [0.3, 0.4) is 0 Å². The number of pyridine rings is 1. The van der Waals surface area contributed by atoms with Gasteiger partial charge in [0.2, 0.25) is 15.9 Å². The molecule has 0 amide bonds. The third-order valence-corrected chi connectivity index (χ3v) is 6.36. The highest BCUT2D eigenvalue weighted by Gasteiger charge is 2.43. The topological polar surface area (TPSA) is 96.8 Å². The van der Waals surface area contributed by atoms with Crippen molar-refractivity contribution >= 4 is 16.0 Å². The highest BCUT2D eigenvalue weighted by molar-refractivity contribution is 7.89. The summed E-state index contributed by atoms with van der Waals surface area (Å²) in [5.74, 6) is -0.769. The predicted octanol–water partition coefficient (Wildman–Crippen LogP) is 1.75. The van der Waals surface area contributed by atoms with E-state index >= 15 is 0 Å². The lowest BCUT2D eigenvalue weighted by Gasteiger charge is -2.37. The molecule has 1 fully saturated rings. The number of nitrogens with zero attached hydrogens (tertiary/aromatic N) is 2. The fourth-order valence-corrected chi connectivity index (χ4v) is 4.35. The maximum Gasteiger partial charge on any atom is 0.309 e. The third-order valence-electron chi connectivity index (χ3n) is 4.45. The van der Waals surface area contributed by atoms with Crippen LogP contribution in [0.4, 0.5) is 0 Å². The number of aliphatic carboxylic acids is 1. The van der Waals surface area contributed by atoms with Crippen molar-refractivity contribution in [1.82, 2.24) is 9.29 Å². The molecule has 1 aromatic heterocycles. The van der Waals surface area contributed by atoms with Crippen LogP contribution in [0.15, 0.2) is 23.2 Å². The Morgan fingerprint density at radius 1 is 1.39 bits per heavy atom. The lowest BCUT2D eigenvalue weighted by Crippen LogP contribution is -2.46. The fraction of sp³-hybridized carbons (Fsp3) is 0.600. The first-order valence-electron chi connectivity index (χ1n) is 7.69. The zero-order chi connectivity index (χ0) is 17.1. The van der Waals surface area contributed by atoms with E-state index in [9.17, 15) is 18.3 Å². The summed E-state index contributed by atoms with van der Waals surface area (Å²) in [6.07, 6.45) is 2.59. The molecule has 0 unspecified atom stereocenters. The van der Waals surface area contributed by atoms with Crippen LogP contribution in [0.2, 0.25) is 0 Å². The Morgan fingerprint density at radius 2 is 2.04 bits per heavy atom. The number of piperidine rings is 1. The molecule has 2 rings (SSSR count). The average Bonchev–Trinajstić information content (AvgIpc) is 2.55. The predicted molar refractivity (Wildman–Crippen MR) is 83.8 cm³/mol. The van der Waals surface area contributed by atoms with Crippen LogP contribution in [-0.2, 0) is 14.8 Å². The van der Waals surface area contributed by atoms with Crippen molar-refractivity contribution in [1.29, 1.82) is 0 Å². The van der Waals surface area contributed by atoms with E-state index in [0.29, 0.717) is 25.9 Å². The van der Waals surface area contributed by atoms with Gasteiger partial charge in [0.25, 0.3) is 0 Å². The summed E-state index contributed by atoms with van der Waals surface area (Å²) >= 11 is 0. The number of carboxylic acid groups (broad SMARTS) is 1. The second kappa shape index (κ2) is 6.84. The number of carboxylic acids is 1. The van der Waals surface area contributed by atoms with Crippen molar-refractivity contribution in [2.24, 2.45) is 5.41 Å². The summed E-state index contributed by atoms with van der Waals surface area (Å²) in [7, 11) is -3.75. The van der Waals surface area contributed by atoms with E-state index in [1.807, 2.05) is 6.92 Å². The molecular weight excluding hydrogens is 320 g/mol. The molecule has 8 heteroatoms. The van der Waals surface area contributed by atoms with Crippen LogP contribution in [0, 0.1) is 5.41 Å². The monoisotopic (exact) mass is 342 g/mol. The van der Waals surface area contributed by atoms with E-state index in [1.165, 1.54) is 16.6 Å². The standard InChI is InChI=1S/C15H22N2O5S/c1-3-15(14(18)19)7-10-17(11-8-15)23(20,21)12-6-5-9-16-13(12)22-4-2/h5-6,9H,3-4,7-8,10-11H2,1-2H3,(H,18,19). The lowest BCUT2D eigenvalue weighted by atomic mass is 9.77. The minimum atomic E-state index is -3.75. The van der Waals surface area contributed by atoms with Crippen molar-refractivity contribution in [2.75, 3.05) is 19.7 Å².